The van der Waals surface area contributed by atoms with Crippen LogP contribution in [0.15, 0.2) is 12.3 Å². The molecule has 41 valence electrons. The van der Waals surface area contributed by atoms with Gasteiger partial charge in [-0.3, -0.25) is 4.79 Å². The molecule has 1 rings (SSSR count). The predicted octanol–water partition coefficient (Wildman–Crippen LogP) is -0.443. The van der Waals surface area contributed by atoms with Gasteiger partial charge in [-0.25, -0.2) is 0 Å². The molecule has 0 saturated carbocycles. The summed E-state index contributed by atoms with van der Waals surface area (Å²) in [6.45, 7) is 0. The summed E-state index contributed by atoms with van der Waals surface area (Å²) in [7, 11) is 3.29. The van der Waals surface area contributed by atoms with Crippen LogP contribution in [0.25, 0.3) is 0 Å². The lowest BCUT2D eigenvalue weighted by molar-refractivity contribution is -0.115. The SMILES string of the molecule is O=C1C=CNC([Si])C1. The molecular formula is C5H6NOSi. The number of hydrogen-bond acceptors (Lipinski definition) is 2. The van der Waals surface area contributed by atoms with Crippen molar-refractivity contribution in [2.45, 2.75) is 12.1 Å². The zero-order valence-electron chi connectivity index (χ0n) is 4.35. The van der Waals surface area contributed by atoms with E-state index >= 15 is 0 Å². The van der Waals surface area contributed by atoms with Crippen molar-refractivity contribution in [2.75, 3.05) is 0 Å². The Bertz CT molecular complexity index is 132. The van der Waals surface area contributed by atoms with Crippen LogP contribution in [0.3, 0.4) is 0 Å². The topological polar surface area (TPSA) is 29.1 Å². The molecule has 1 N–H and O–H groups in total. The number of allylic oxidation sites excluding steroid dienone is 1. The van der Waals surface area contributed by atoms with Crippen molar-refractivity contribution in [3.8, 4) is 0 Å². The molecule has 1 unspecified atom stereocenters. The Kier molecular flexibility index (Phi) is 1.48. The molecule has 0 spiro atoms. The van der Waals surface area contributed by atoms with Crippen molar-refractivity contribution in [1.82, 2.24) is 5.32 Å². The standard InChI is InChI=1S/C5H6NOSi/c7-4-1-2-6-5(8)3-4/h1-2,5-6H,3H2. The number of rotatable bonds is 0. The van der Waals surface area contributed by atoms with E-state index in [9.17, 15) is 4.79 Å². The van der Waals surface area contributed by atoms with E-state index in [1.807, 2.05) is 0 Å². The van der Waals surface area contributed by atoms with Crippen LogP contribution in [0.5, 0.6) is 0 Å². The van der Waals surface area contributed by atoms with E-state index < -0.39 is 0 Å². The number of ketones is 1. The van der Waals surface area contributed by atoms with Crippen molar-refractivity contribution in [1.29, 1.82) is 0 Å². The lowest BCUT2D eigenvalue weighted by Gasteiger charge is -2.12. The average Bonchev–Trinajstić information content (AvgIpc) is 1.64. The average molecular weight is 124 g/mol. The summed E-state index contributed by atoms with van der Waals surface area (Å²) in [4.78, 5) is 10.5. The van der Waals surface area contributed by atoms with Crippen LogP contribution in [0.1, 0.15) is 6.42 Å². The predicted molar refractivity (Wildman–Crippen MR) is 31.4 cm³/mol. The Morgan fingerprint density at radius 1 is 1.88 bits per heavy atom. The molecule has 3 heteroatoms. The first kappa shape index (κ1) is 5.56. The number of nitrogens with one attached hydrogen (secondary N) is 1. The van der Waals surface area contributed by atoms with Gasteiger partial charge in [0.2, 0.25) is 0 Å². The molecule has 0 aromatic heterocycles. The highest BCUT2D eigenvalue weighted by molar-refractivity contribution is 6.14. The second kappa shape index (κ2) is 2.13. The van der Waals surface area contributed by atoms with Gasteiger partial charge in [0.1, 0.15) is 0 Å². The lowest BCUT2D eigenvalue weighted by Crippen LogP contribution is -2.30. The van der Waals surface area contributed by atoms with Gasteiger partial charge in [-0.05, 0) is 12.3 Å². The summed E-state index contributed by atoms with van der Waals surface area (Å²) in [6, 6.07) is 0. The van der Waals surface area contributed by atoms with E-state index in [-0.39, 0.29) is 11.4 Å². The maximum Gasteiger partial charge on any atom is 0.158 e. The molecule has 0 saturated heterocycles. The highest BCUT2D eigenvalue weighted by atomic mass is 28.1. The number of hydrogen-bond donors (Lipinski definition) is 1. The van der Waals surface area contributed by atoms with E-state index in [0.29, 0.717) is 6.42 Å². The molecule has 0 fully saturated rings. The Balaban J connectivity index is 2.54. The second-order valence-corrected chi connectivity index (χ2v) is 2.42. The van der Waals surface area contributed by atoms with E-state index in [1.165, 1.54) is 6.08 Å². The van der Waals surface area contributed by atoms with Crippen LogP contribution in [0, 0.1) is 0 Å². The zero-order chi connectivity index (χ0) is 5.98. The van der Waals surface area contributed by atoms with Gasteiger partial charge in [0, 0.05) is 12.1 Å². The molecule has 0 aromatic carbocycles. The zero-order valence-corrected chi connectivity index (χ0v) is 5.35. The fourth-order valence-corrected chi connectivity index (χ4v) is 0.883. The summed E-state index contributed by atoms with van der Waals surface area (Å²) in [5, 5.41) is 2.92. The van der Waals surface area contributed by atoms with Gasteiger partial charge < -0.3 is 5.32 Å². The molecule has 1 atom stereocenters. The summed E-state index contributed by atoms with van der Waals surface area (Å²) in [5.41, 5.74) is 0.132. The van der Waals surface area contributed by atoms with Gasteiger partial charge in [0.25, 0.3) is 0 Å². The summed E-state index contributed by atoms with van der Waals surface area (Å²) in [6.07, 6.45) is 3.74. The normalized spacial score (nSPS) is 27.6. The van der Waals surface area contributed by atoms with Gasteiger partial charge in [-0.2, -0.15) is 0 Å². The molecule has 0 amide bonds. The molecule has 1 aliphatic rings. The van der Waals surface area contributed by atoms with Crippen molar-refractivity contribution in [2.24, 2.45) is 0 Å². The molecule has 1 heterocycles. The van der Waals surface area contributed by atoms with Crippen molar-refractivity contribution < 1.29 is 4.79 Å². The Hall–Kier alpha value is -0.573. The first-order chi connectivity index (χ1) is 3.79. The molecular weight excluding hydrogens is 118 g/mol. The third-order valence-corrected chi connectivity index (χ3v) is 1.34. The fourth-order valence-electron chi connectivity index (χ4n) is 0.585. The van der Waals surface area contributed by atoms with Crippen LogP contribution < -0.4 is 5.32 Å². The van der Waals surface area contributed by atoms with E-state index in [1.54, 1.807) is 6.20 Å². The number of carbonyl (C=O) groups excluding carboxylic acids is 1. The van der Waals surface area contributed by atoms with Crippen molar-refractivity contribution >= 4 is 16.0 Å². The minimum absolute atomic E-state index is 0.132. The van der Waals surface area contributed by atoms with Crippen LogP contribution in [0.4, 0.5) is 0 Å². The van der Waals surface area contributed by atoms with Crippen LogP contribution in [-0.4, -0.2) is 21.7 Å². The second-order valence-electron chi connectivity index (χ2n) is 1.72. The van der Waals surface area contributed by atoms with Crippen LogP contribution >= 0.6 is 0 Å². The minimum atomic E-state index is 0.132. The molecule has 0 bridgehead atoms. The highest BCUT2D eigenvalue weighted by Crippen LogP contribution is 1.94. The first-order valence-corrected chi connectivity index (χ1v) is 3.03. The maximum absolute atomic E-state index is 10.5. The summed E-state index contributed by atoms with van der Waals surface area (Å²) in [5.74, 6) is 0.170. The van der Waals surface area contributed by atoms with E-state index in [4.69, 9.17) is 0 Å². The van der Waals surface area contributed by atoms with Gasteiger partial charge >= 0.3 is 0 Å². The van der Waals surface area contributed by atoms with Gasteiger partial charge in [-0.15, -0.1) is 0 Å². The van der Waals surface area contributed by atoms with Gasteiger partial charge in [-0.1, -0.05) is 0 Å². The Morgan fingerprint density at radius 3 is 3.00 bits per heavy atom. The highest BCUT2D eigenvalue weighted by Gasteiger charge is 2.07. The molecule has 3 radical (unpaired) electrons. The largest absolute Gasteiger partial charge is 0.391 e. The van der Waals surface area contributed by atoms with Crippen LogP contribution in [0.2, 0.25) is 0 Å². The third-order valence-electron chi connectivity index (χ3n) is 0.972. The number of carbonyl (C=O) groups is 1. The van der Waals surface area contributed by atoms with Crippen molar-refractivity contribution in [3.05, 3.63) is 12.3 Å². The molecule has 8 heavy (non-hydrogen) atoms. The summed E-state index contributed by atoms with van der Waals surface area (Å²) < 4.78 is 0. The van der Waals surface area contributed by atoms with Crippen molar-refractivity contribution in [3.63, 3.8) is 0 Å². The monoisotopic (exact) mass is 124 g/mol. The Labute approximate surface area is 51.4 Å². The van der Waals surface area contributed by atoms with E-state index in [0.717, 1.165) is 0 Å². The molecule has 0 aliphatic carbocycles. The fraction of sp³-hybridized carbons (Fsp3) is 0.400. The first-order valence-electron chi connectivity index (χ1n) is 2.45. The quantitative estimate of drug-likeness (QED) is 0.443. The lowest BCUT2D eigenvalue weighted by atomic mass is 10.2. The van der Waals surface area contributed by atoms with Gasteiger partial charge in [0.05, 0.1) is 10.2 Å². The smallest absolute Gasteiger partial charge is 0.158 e. The molecule has 1 aliphatic heterocycles. The van der Waals surface area contributed by atoms with Crippen LogP contribution in [-0.2, 0) is 4.79 Å². The Morgan fingerprint density at radius 2 is 2.62 bits per heavy atom. The minimum Gasteiger partial charge on any atom is -0.391 e. The molecule has 2 nitrogen and oxygen atoms in total. The summed E-state index contributed by atoms with van der Waals surface area (Å²) >= 11 is 0. The molecule has 0 aromatic rings. The van der Waals surface area contributed by atoms with E-state index in [2.05, 4.69) is 15.6 Å². The third kappa shape index (κ3) is 1.20. The van der Waals surface area contributed by atoms with Gasteiger partial charge in [0.15, 0.2) is 5.78 Å². The maximum atomic E-state index is 10.5.